The first-order chi connectivity index (χ1) is 8.86. The minimum absolute atomic E-state index is 0.592. The lowest BCUT2D eigenvalue weighted by atomic mass is 10.2. The molecule has 4 nitrogen and oxygen atoms in total. The van der Waals surface area contributed by atoms with E-state index >= 15 is 0 Å². The Balaban J connectivity index is 1.85. The van der Waals surface area contributed by atoms with Gasteiger partial charge in [0, 0.05) is 5.56 Å². The maximum atomic E-state index is 5.80. The molecule has 0 N–H and O–H groups in total. The molecule has 0 atom stereocenters. The molecule has 0 radical (unpaired) electrons. The van der Waals surface area contributed by atoms with Gasteiger partial charge in [-0.1, -0.05) is 0 Å². The number of ether oxygens (including phenoxy) is 2. The number of rotatable bonds is 5. The molecule has 4 heteroatoms. The van der Waals surface area contributed by atoms with Crippen LogP contribution in [0.2, 0.25) is 0 Å². The van der Waals surface area contributed by atoms with Crippen molar-refractivity contribution in [2.24, 2.45) is 5.92 Å². The molecule has 1 fully saturated rings. The average molecular weight is 245 g/mol. The van der Waals surface area contributed by atoms with Crippen LogP contribution in [0.3, 0.4) is 0 Å². The van der Waals surface area contributed by atoms with E-state index in [-0.39, 0.29) is 0 Å². The third-order valence-corrected chi connectivity index (χ3v) is 3.01. The molecule has 3 rings (SSSR count). The molecule has 0 spiro atoms. The van der Waals surface area contributed by atoms with Crippen LogP contribution >= 0.6 is 0 Å². The maximum Gasteiger partial charge on any atom is 0.225 e. The van der Waals surface area contributed by atoms with E-state index in [0.717, 1.165) is 23.7 Å². The van der Waals surface area contributed by atoms with Gasteiger partial charge in [0.25, 0.3) is 0 Å². The van der Waals surface area contributed by atoms with Crippen LogP contribution in [-0.2, 0) is 0 Å². The summed E-state index contributed by atoms with van der Waals surface area (Å²) >= 11 is 0. The Morgan fingerprint density at radius 2 is 2.22 bits per heavy atom. The molecule has 2 aromatic rings. The van der Waals surface area contributed by atoms with Crippen LogP contribution in [0.15, 0.2) is 35.1 Å². The summed E-state index contributed by atoms with van der Waals surface area (Å²) in [5.41, 5.74) is 0.895. The Bertz CT molecular complexity index is 518. The van der Waals surface area contributed by atoms with Gasteiger partial charge in [0.2, 0.25) is 5.89 Å². The van der Waals surface area contributed by atoms with Gasteiger partial charge in [-0.15, -0.1) is 0 Å². The van der Waals surface area contributed by atoms with Crippen molar-refractivity contribution < 1.29 is 13.9 Å². The molecule has 1 aromatic carbocycles. The molecule has 1 saturated carbocycles. The molecule has 0 aliphatic heterocycles. The van der Waals surface area contributed by atoms with Gasteiger partial charge >= 0.3 is 0 Å². The highest BCUT2D eigenvalue weighted by molar-refractivity contribution is 5.59. The van der Waals surface area contributed by atoms with Crippen molar-refractivity contribution in [2.45, 2.75) is 12.8 Å². The summed E-state index contributed by atoms with van der Waals surface area (Å²) in [5, 5.41) is 0. The van der Waals surface area contributed by atoms with Crippen molar-refractivity contribution in [1.82, 2.24) is 4.98 Å². The Hall–Kier alpha value is -1.97. The second-order valence-electron chi connectivity index (χ2n) is 4.46. The Kier molecular flexibility index (Phi) is 2.92. The van der Waals surface area contributed by atoms with Crippen molar-refractivity contribution >= 4 is 0 Å². The Morgan fingerprint density at radius 1 is 1.33 bits per heavy atom. The van der Waals surface area contributed by atoms with Gasteiger partial charge in [0.1, 0.15) is 6.26 Å². The lowest BCUT2D eigenvalue weighted by molar-refractivity contribution is 0.280. The molecule has 1 aliphatic rings. The zero-order valence-electron chi connectivity index (χ0n) is 10.3. The molecule has 18 heavy (non-hydrogen) atoms. The molecule has 1 heterocycles. The van der Waals surface area contributed by atoms with Crippen LogP contribution in [0.5, 0.6) is 11.5 Å². The largest absolute Gasteiger partial charge is 0.493 e. The topological polar surface area (TPSA) is 44.5 Å². The molecule has 1 aromatic heterocycles. The van der Waals surface area contributed by atoms with Crippen molar-refractivity contribution in [2.75, 3.05) is 13.7 Å². The summed E-state index contributed by atoms with van der Waals surface area (Å²) in [4.78, 5) is 4.13. The molecule has 94 valence electrons. The number of methoxy groups -OCH3 is 1. The van der Waals surface area contributed by atoms with Gasteiger partial charge in [-0.3, -0.25) is 0 Å². The predicted octanol–water partition coefficient (Wildman–Crippen LogP) is 3.14. The van der Waals surface area contributed by atoms with Crippen LogP contribution in [0, 0.1) is 5.92 Å². The summed E-state index contributed by atoms with van der Waals surface area (Å²) in [7, 11) is 1.64. The fourth-order valence-corrected chi connectivity index (χ4v) is 1.78. The second kappa shape index (κ2) is 4.72. The van der Waals surface area contributed by atoms with Gasteiger partial charge in [-0.25, -0.2) is 4.98 Å². The van der Waals surface area contributed by atoms with Crippen LogP contribution in [-0.4, -0.2) is 18.7 Å². The summed E-state index contributed by atoms with van der Waals surface area (Å²) in [6, 6.07) is 5.70. The molecule has 0 bridgehead atoms. The average Bonchev–Trinajstić information content (AvgIpc) is 3.08. The monoisotopic (exact) mass is 245 g/mol. The number of benzene rings is 1. The van der Waals surface area contributed by atoms with E-state index in [4.69, 9.17) is 13.9 Å². The van der Waals surface area contributed by atoms with E-state index in [2.05, 4.69) is 4.98 Å². The standard InChI is InChI=1S/C14H15NO3/c1-16-12-5-4-11(14-15-6-7-17-14)8-13(12)18-9-10-2-3-10/h4-8,10H,2-3,9H2,1H3. The molecule has 0 unspecified atom stereocenters. The van der Waals surface area contributed by atoms with Gasteiger partial charge in [-0.2, -0.15) is 0 Å². The number of hydrogen-bond donors (Lipinski definition) is 0. The quantitative estimate of drug-likeness (QED) is 0.811. The normalized spacial score (nSPS) is 14.5. The van der Waals surface area contributed by atoms with Gasteiger partial charge in [0.15, 0.2) is 11.5 Å². The van der Waals surface area contributed by atoms with E-state index < -0.39 is 0 Å². The van der Waals surface area contributed by atoms with Crippen molar-refractivity contribution in [1.29, 1.82) is 0 Å². The highest BCUT2D eigenvalue weighted by Gasteiger charge is 2.22. The van der Waals surface area contributed by atoms with Crippen LogP contribution in [0.1, 0.15) is 12.8 Å². The van der Waals surface area contributed by atoms with E-state index in [9.17, 15) is 0 Å². The minimum Gasteiger partial charge on any atom is -0.493 e. The van der Waals surface area contributed by atoms with Crippen LogP contribution < -0.4 is 9.47 Å². The molecule has 0 amide bonds. The number of aromatic nitrogens is 1. The maximum absolute atomic E-state index is 5.80. The summed E-state index contributed by atoms with van der Waals surface area (Å²) in [6.07, 6.45) is 5.72. The first-order valence-electron chi connectivity index (χ1n) is 6.07. The van der Waals surface area contributed by atoms with Gasteiger partial charge in [0.05, 0.1) is 19.9 Å². The van der Waals surface area contributed by atoms with E-state index in [1.54, 1.807) is 19.6 Å². The number of nitrogens with zero attached hydrogens (tertiary/aromatic N) is 1. The van der Waals surface area contributed by atoms with Gasteiger partial charge < -0.3 is 13.9 Å². The number of hydrogen-bond acceptors (Lipinski definition) is 4. The molecular formula is C14H15NO3. The SMILES string of the molecule is COc1ccc(-c2ncco2)cc1OCC1CC1. The smallest absolute Gasteiger partial charge is 0.225 e. The predicted molar refractivity (Wildman–Crippen MR) is 66.7 cm³/mol. The van der Waals surface area contributed by atoms with E-state index in [0.29, 0.717) is 11.8 Å². The zero-order chi connectivity index (χ0) is 12.4. The molecular weight excluding hydrogens is 230 g/mol. The first kappa shape index (κ1) is 11.1. The highest BCUT2D eigenvalue weighted by atomic mass is 16.5. The Morgan fingerprint density at radius 3 is 2.89 bits per heavy atom. The zero-order valence-corrected chi connectivity index (χ0v) is 10.3. The van der Waals surface area contributed by atoms with Crippen molar-refractivity contribution in [3.8, 4) is 23.0 Å². The summed E-state index contributed by atoms with van der Waals surface area (Å²) < 4.78 is 16.4. The fourth-order valence-electron chi connectivity index (χ4n) is 1.78. The first-order valence-corrected chi connectivity index (χ1v) is 6.07. The summed E-state index contributed by atoms with van der Waals surface area (Å²) in [5.74, 6) is 2.79. The van der Waals surface area contributed by atoms with E-state index in [1.165, 1.54) is 12.8 Å². The Labute approximate surface area is 106 Å². The lowest BCUT2D eigenvalue weighted by Crippen LogP contribution is -2.01. The molecule has 1 aliphatic carbocycles. The van der Waals surface area contributed by atoms with Crippen LogP contribution in [0.4, 0.5) is 0 Å². The van der Waals surface area contributed by atoms with Crippen molar-refractivity contribution in [3.05, 3.63) is 30.7 Å². The third kappa shape index (κ3) is 2.32. The number of oxazole rings is 1. The summed E-state index contributed by atoms with van der Waals surface area (Å²) in [6.45, 7) is 0.755. The van der Waals surface area contributed by atoms with E-state index in [1.807, 2.05) is 18.2 Å². The third-order valence-electron chi connectivity index (χ3n) is 3.01. The van der Waals surface area contributed by atoms with Gasteiger partial charge in [-0.05, 0) is 37.0 Å². The lowest BCUT2D eigenvalue weighted by Gasteiger charge is -2.11. The fraction of sp³-hybridized carbons (Fsp3) is 0.357. The van der Waals surface area contributed by atoms with Crippen LogP contribution in [0.25, 0.3) is 11.5 Å². The highest BCUT2D eigenvalue weighted by Crippen LogP contribution is 2.35. The van der Waals surface area contributed by atoms with Crippen molar-refractivity contribution in [3.63, 3.8) is 0 Å². The second-order valence-corrected chi connectivity index (χ2v) is 4.46. The minimum atomic E-state index is 0.592. The molecule has 0 saturated heterocycles.